The molecule has 1 rings (SSSR count). The minimum Gasteiger partial charge on any atom is -0.508 e. The van der Waals surface area contributed by atoms with Crippen molar-refractivity contribution in [3.05, 3.63) is 12.1 Å². The van der Waals surface area contributed by atoms with Crippen molar-refractivity contribution >= 4 is 12.6 Å². The fourth-order valence-corrected chi connectivity index (χ4v) is 0.837. The summed E-state index contributed by atoms with van der Waals surface area (Å²) >= 11 is 3.77. The van der Waals surface area contributed by atoms with Crippen molar-refractivity contribution < 1.29 is 15.3 Å². The zero-order valence-corrected chi connectivity index (χ0v) is 5.84. The highest BCUT2D eigenvalue weighted by molar-refractivity contribution is 7.80. The average molecular weight is 158 g/mol. The molecule has 1 aromatic rings. The molecule has 0 aromatic heterocycles. The quantitative estimate of drug-likeness (QED) is 0.260. The maximum Gasteiger partial charge on any atom is 0.171 e. The van der Waals surface area contributed by atoms with Crippen molar-refractivity contribution in [2.45, 2.75) is 4.90 Å². The fraction of sp³-hybridized carbons (Fsp3) is 0. The van der Waals surface area contributed by atoms with Crippen LogP contribution in [0.1, 0.15) is 0 Å². The van der Waals surface area contributed by atoms with E-state index in [0.717, 1.165) is 6.07 Å². The summed E-state index contributed by atoms with van der Waals surface area (Å²) in [6, 6.07) is 2.27. The van der Waals surface area contributed by atoms with Gasteiger partial charge < -0.3 is 15.3 Å². The van der Waals surface area contributed by atoms with E-state index in [0.29, 0.717) is 0 Å². The van der Waals surface area contributed by atoms with Crippen LogP contribution in [0, 0.1) is 0 Å². The first-order valence-corrected chi connectivity index (χ1v) is 3.00. The van der Waals surface area contributed by atoms with Crippen LogP contribution in [0.2, 0.25) is 0 Å². The summed E-state index contributed by atoms with van der Waals surface area (Å²) in [6.45, 7) is 0. The summed E-state index contributed by atoms with van der Waals surface area (Å²) < 4.78 is 0. The summed E-state index contributed by atoms with van der Waals surface area (Å²) in [5, 5.41) is 26.5. The van der Waals surface area contributed by atoms with Gasteiger partial charge in [0.15, 0.2) is 11.5 Å². The Morgan fingerprint density at radius 2 is 1.70 bits per heavy atom. The largest absolute Gasteiger partial charge is 0.508 e. The van der Waals surface area contributed by atoms with Crippen LogP contribution in [0.25, 0.3) is 0 Å². The molecule has 0 spiro atoms. The predicted molar refractivity (Wildman–Crippen MR) is 38.7 cm³/mol. The number of hydrogen-bond donors (Lipinski definition) is 4. The molecule has 0 atom stereocenters. The molecule has 0 aliphatic heterocycles. The van der Waals surface area contributed by atoms with Gasteiger partial charge in [-0.15, -0.1) is 12.6 Å². The second-order valence-electron chi connectivity index (χ2n) is 1.83. The smallest absolute Gasteiger partial charge is 0.171 e. The summed E-state index contributed by atoms with van der Waals surface area (Å²) in [5.74, 6) is -0.813. The Bertz CT molecular complexity index is 236. The van der Waals surface area contributed by atoms with Gasteiger partial charge in [0.25, 0.3) is 0 Å². The van der Waals surface area contributed by atoms with Gasteiger partial charge in [-0.25, -0.2) is 0 Å². The molecular formula is C6H6O3S. The average Bonchev–Trinajstić information content (AvgIpc) is 1.82. The Kier molecular flexibility index (Phi) is 1.63. The van der Waals surface area contributed by atoms with Crippen LogP contribution >= 0.6 is 12.6 Å². The molecule has 1 aromatic carbocycles. The molecule has 0 bridgehead atoms. The summed E-state index contributed by atoms with van der Waals surface area (Å²) in [5.41, 5.74) is 0. The second-order valence-corrected chi connectivity index (χ2v) is 2.31. The fourth-order valence-electron chi connectivity index (χ4n) is 0.590. The Balaban J connectivity index is 3.31. The Hall–Kier alpha value is -1.03. The summed E-state index contributed by atoms with van der Waals surface area (Å²) in [7, 11) is 0. The Morgan fingerprint density at radius 3 is 2.20 bits per heavy atom. The van der Waals surface area contributed by atoms with Crippen LogP contribution in [0.5, 0.6) is 17.2 Å². The van der Waals surface area contributed by atoms with Gasteiger partial charge in [0.05, 0.1) is 4.90 Å². The van der Waals surface area contributed by atoms with Gasteiger partial charge in [-0.2, -0.15) is 0 Å². The van der Waals surface area contributed by atoms with E-state index in [9.17, 15) is 0 Å². The highest BCUT2D eigenvalue weighted by atomic mass is 32.1. The van der Waals surface area contributed by atoms with Crippen molar-refractivity contribution in [3.63, 3.8) is 0 Å². The zero-order chi connectivity index (χ0) is 7.72. The molecule has 0 heterocycles. The van der Waals surface area contributed by atoms with Gasteiger partial charge in [0.1, 0.15) is 5.75 Å². The molecule has 0 radical (unpaired) electrons. The maximum absolute atomic E-state index is 8.89. The Labute approximate surface area is 63.0 Å². The van der Waals surface area contributed by atoms with Crippen molar-refractivity contribution in [3.8, 4) is 17.2 Å². The van der Waals surface area contributed by atoms with Crippen molar-refractivity contribution in [1.29, 1.82) is 0 Å². The Morgan fingerprint density at radius 1 is 1.10 bits per heavy atom. The minimum atomic E-state index is -0.370. The molecule has 10 heavy (non-hydrogen) atoms. The molecule has 0 unspecified atom stereocenters. The molecule has 0 amide bonds. The molecule has 3 nitrogen and oxygen atoms in total. The first-order chi connectivity index (χ1) is 4.61. The molecule has 54 valence electrons. The molecule has 4 heteroatoms. The van der Waals surface area contributed by atoms with Gasteiger partial charge >= 0.3 is 0 Å². The summed E-state index contributed by atoms with van der Waals surface area (Å²) in [6.07, 6.45) is 0. The third kappa shape index (κ3) is 1.11. The monoisotopic (exact) mass is 158 g/mol. The van der Waals surface area contributed by atoms with Gasteiger partial charge in [-0.3, -0.25) is 0 Å². The van der Waals surface area contributed by atoms with Gasteiger partial charge in [0.2, 0.25) is 0 Å². The van der Waals surface area contributed by atoms with E-state index < -0.39 is 0 Å². The predicted octanol–water partition coefficient (Wildman–Crippen LogP) is 1.09. The van der Waals surface area contributed by atoms with Gasteiger partial charge in [-0.05, 0) is 6.07 Å². The lowest BCUT2D eigenvalue weighted by Crippen LogP contribution is -1.71. The number of phenolic OH excluding ortho intramolecular Hbond substituents is 3. The third-order valence-corrected chi connectivity index (χ3v) is 1.40. The van der Waals surface area contributed by atoms with Gasteiger partial charge in [0, 0.05) is 6.07 Å². The lowest BCUT2D eigenvalue weighted by molar-refractivity contribution is 0.387. The van der Waals surface area contributed by atoms with E-state index >= 15 is 0 Å². The number of thiol groups is 1. The first-order valence-electron chi connectivity index (χ1n) is 2.55. The first kappa shape index (κ1) is 7.08. The number of hydrogen-bond acceptors (Lipinski definition) is 4. The standard InChI is InChI=1S/C6H6O3S/c7-3-1-4(8)6(9)5(10)2-3/h1-2,7-10H. The summed E-state index contributed by atoms with van der Waals surface area (Å²) in [4.78, 5) is 0.150. The van der Waals surface area contributed by atoms with Gasteiger partial charge in [-0.1, -0.05) is 0 Å². The van der Waals surface area contributed by atoms with E-state index in [1.54, 1.807) is 0 Å². The lowest BCUT2D eigenvalue weighted by Gasteiger charge is -2.00. The van der Waals surface area contributed by atoms with Crippen molar-refractivity contribution in [2.24, 2.45) is 0 Å². The number of benzene rings is 1. The van der Waals surface area contributed by atoms with Crippen molar-refractivity contribution in [1.82, 2.24) is 0 Å². The molecule has 0 saturated heterocycles. The molecule has 0 saturated carbocycles. The molecule has 3 N–H and O–H groups in total. The normalized spacial score (nSPS) is 9.70. The third-order valence-electron chi connectivity index (χ3n) is 1.05. The number of phenols is 3. The van der Waals surface area contributed by atoms with Crippen LogP contribution in [0.3, 0.4) is 0 Å². The topological polar surface area (TPSA) is 60.7 Å². The van der Waals surface area contributed by atoms with E-state index in [-0.39, 0.29) is 22.1 Å². The van der Waals surface area contributed by atoms with Crippen LogP contribution < -0.4 is 0 Å². The zero-order valence-electron chi connectivity index (χ0n) is 4.94. The number of rotatable bonds is 0. The van der Waals surface area contributed by atoms with Crippen LogP contribution in [-0.4, -0.2) is 15.3 Å². The maximum atomic E-state index is 8.89. The van der Waals surface area contributed by atoms with E-state index in [2.05, 4.69) is 12.6 Å². The van der Waals surface area contributed by atoms with Crippen molar-refractivity contribution in [2.75, 3.05) is 0 Å². The number of aromatic hydroxyl groups is 3. The van der Waals surface area contributed by atoms with Crippen LogP contribution in [-0.2, 0) is 0 Å². The lowest BCUT2D eigenvalue weighted by atomic mass is 10.3. The molecule has 0 aliphatic carbocycles. The van der Waals surface area contributed by atoms with Crippen LogP contribution in [0.4, 0.5) is 0 Å². The SMILES string of the molecule is Oc1cc(O)c(O)c(S)c1. The molecule has 0 aliphatic rings. The minimum absolute atomic E-state index is 0.125. The second kappa shape index (κ2) is 2.30. The van der Waals surface area contributed by atoms with E-state index in [4.69, 9.17) is 15.3 Å². The highest BCUT2D eigenvalue weighted by Crippen LogP contribution is 2.34. The molecule has 0 fully saturated rings. The highest BCUT2D eigenvalue weighted by Gasteiger charge is 2.04. The van der Waals surface area contributed by atoms with E-state index in [1.807, 2.05) is 0 Å². The van der Waals surface area contributed by atoms with Crippen LogP contribution in [0.15, 0.2) is 17.0 Å². The van der Waals surface area contributed by atoms with E-state index in [1.165, 1.54) is 6.07 Å². The molecular weight excluding hydrogens is 152 g/mol.